The second-order valence-corrected chi connectivity index (χ2v) is 7.24. The fraction of sp³-hybridized carbons (Fsp3) is 0.909. The first-order valence-corrected chi connectivity index (χ1v) is 7.77. The summed E-state index contributed by atoms with van der Waals surface area (Å²) in [6.45, 7) is 3.92. The molecule has 1 saturated carbocycles. The lowest BCUT2D eigenvalue weighted by Gasteiger charge is -2.28. The summed E-state index contributed by atoms with van der Waals surface area (Å²) in [6.07, 6.45) is 2.90. The van der Waals surface area contributed by atoms with Crippen molar-refractivity contribution in [3.63, 3.8) is 0 Å². The summed E-state index contributed by atoms with van der Waals surface area (Å²) in [4.78, 5) is 11.0. The molecule has 2 bridgehead atoms. The molecular formula is C11H20N2O4S. The molecule has 18 heavy (non-hydrogen) atoms. The number of carbonyl (C=O) groups is 1. The fourth-order valence-electron chi connectivity index (χ4n) is 2.87. The van der Waals surface area contributed by atoms with Crippen LogP contribution in [0.2, 0.25) is 0 Å². The molecular weight excluding hydrogens is 256 g/mol. The lowest BCUT2D eigenvalue weighted by atomic mass is 10.1. The third-order valence-corrected chi connectivity index (χ3v) is 5.49. The Bertz CT molecular complexity index is 434. The number of hydrogen-bond acceptors (Lipinski definition) is 3. The van der Waals surface area contributed by atoms with Gasteiger partial charge in [0, 0.05) is 12.6 Å². The van der Waals surface area contributed by atoms with E-state index in [1.54, 1.807) is 13.8 Å². The van der Waals surface area contributed by atoms with Crippen molar-refractivity contribution < 1.29 is 18.3 Å². The summed E-state index contributed by atoms with van der Waals surface area (Å²) in [5.74, 6) is -0.955. The third kappa shape index (κ3) is 2.53. The Morgan fingerprint density at radius 1 is 1.39 bits per heavy atom. The summed E-state index contributed by atoms with van der Waals surface area (Å²) in [5, 5.41) is 9.04. The average Bonchev–Trinajstić information content (AvgIpc) is 2.86. The number of hydrogen-bond donors (Lipinski definition) is 2. The van der Waals surface area contributed by atoms with Crippen LogP contribution in [0.3, 0.4) is 0 Å². The largest absolute Gasteiger partial charge is 0.480 e. The van der Waals surface area contributed by atoms with Gasteiger partial charge in [0.25, 0.3) is 10.2 Å². The second kappa shape index (κ2) is 4.79. The Hall–Kier alpha value is -0.660. The SMILES string of the molecule is CC(C)[C@@H](NS(=O)(=O)N1CC2CCC1C2)C(=O)O. The molecule has 2 unspecified atom stereocenters. The number of carboxylic acids is 1. The van der Waals surface area contributed by atoms with E-state index in [1.165, 1.54) is 4.31 Å². The molecule has 3 atom stereocenters. The number of carboxylic acid groups (broad SMARTS) is 1. The van der Waals surface area contributed by atoms with Crippen LogP contribution in [-0.4, -0.2) is 42.4 Å². The highest BCUT2D eigenvalue weighted by molar-refractivity contribution is 7.87. The zero-order valence-electron chi connectivity index (χ0n) is 10.7. The molecule has 1 saturated heterocycles. The molecule has 0 aromatic carbocycles. The van der Waals surface area contributed by atoms with Crippen LogP contribution in [0.4, 0.5) is 0 Å². The molecule has 104 valence electrons. The molecule has 6 nitrogen and oxygen atoms in total. The standard InChI is InChI=1S/C11H20N2O4S/c1-7(2)10(11(14)15)12-18(16,17)13-6-8-3-4-9(13)5-8/h7-10,12H,3-6H2,1-2H3,(H,14,15)/t8?,9?,10-/m1/s1. The lowest BCUT2D eigenvalue weighted by molar-refractivity contribution is -0.140. The first-order valence-electron chi connectivity index (χ1n) is 6.33. The Balaban J connectivity index is 2.09. The van der Waals surface area contributed by atoms with Crippen molar-refractivity contribution in [2.24, 2.45) is 11.8 Å². The van der Waals surface area contributed by atoms with Crippen molar-refractivity contribution in [3.05, 3.63) is 0 Å². The van der Waals surface area contributed by atoms with Crippen LogP contribution in [-0.2, 0) is 15.0 Å². The highest BCUT2D eigenvalue weighted by Crippen LogP contribution is 2.38. The number of rotatable bonds is 5. The van der Waals surface area contributed by atoms with E-state index in [1.807, 2.05) is 0 Å². The zero-order valence-corrected chi connectivity index (χ0v) is 11.5. The topological polar surface area (TPSA) is 86.7 Å². The van der Waals surface area contributed by atoms with E-state index in [2.05, 4.69) is 4.72 Å². The molecule has 0 radical (unpaired) electrons. The minimum Gasteiger partial charge on any atom is -0.480 e. The molecule has 1 heterocycles. The maximum Gasteiger partial charge on any atom is 0.322 e. The Morgan fingerprint density at radius 3 is 2.44 bits per heavy atom. The summed E-state index contributed by atoms with van der Waals surface area (Å²) in [5.41, 5.74) is 0. The lowest BCUT2D eigenvalue weighted by Crippen LogP contribution is -2.52. The maximum absolute atomic E-state index is 12.2. The normalized spacial score (nSPS) is 29.9. The third-order valence-electron chi connectivity index (χ3n) is 3.88. The van der Waals surface area contributed by atoms with Crippen LogP contribution in [0.1, 0.15) is 33.1 Å². The molecule has 0 amide bonds. The quantitative estimate of drug-likeness (QED) is 0.761. The molecule has 2 fully saturated rings. The summed E-state index contributed by atoms with van der Waals surface area (Å²) in [7, 11) is -3.68. The molecule has 2 rings (SSSR count). The van der Waals surface area contributed by atoms with Gasteiger partial charge in [-0.05, 0) is 31.1 Å². The highest BCUT2D eigenvalue weighted by atomic mass is 32.2. The molecule has 1 aliphatic heterocycles. The van der Waals surface area contributed by atoms with E-state index in [-0.39, 0.29) is 12.0 Å². The Labute approximate surface area is 108 Å². The molecule has 0 aromatic heterocycles. The van der Waals surface area contributed by atoms with Gasteiger partial charge in [0.1, 0.15) is 6.04 Å². The van der Waals surface area contributed by atoms with Crippen LogP contribution in [0.5, 0.6) is 0 Å². The van der Waals surface area contributed by atoms with Gasteiger partial charge in [-0.2, -0.15) is 17.4 Å². The number of nitrogens with one attached hydrogen (secondary N) is 1. The zero-order chi connectivity index (χ0) is 13.5. The second-order valence-electron chi connectivity index (χ2n) is 5.59. The number of piperidine rings is 1. The van der Waals surface area contributed by atoms with Gasteiger partial charge in [-0.3, -0.25) is 4.79 Å². The van der Waals surface area contributed by atoms with Crippen molar-refractivity contribution >= 4 is 16.2 Å². The van der Waals surface area contributed by atoms with E-state index in [0.717, 1.165) is 19.3 Å². The molecule has 2 aliphatic rings. The average molecular weight is 276 g/mol. The van der Waals surface area contributed by atoms with Crippen molar-refractivity contribution in [1.82, 2.24) is 9.03 Å². The van der Waals surface area contributed by atoms with Crippen molar-refractivity contribution in [2.45, 2.75) is 45.2 Å². The van der Waals surface area contributed by atoms with Gasteiger partial charge in [0.2, 0.25) is 0 Å². The van der Waals surface area contributed by atoms with Crippen LogP contribution in [0, 0.1) is 11.8 Å². The number of nitrogens with zero attached hydrogens (tertiary/aromatic N) is 1. The van der Waals surface area contributed by atoms with Gasteiger partial charge in [0.15, 0.2) is 0 Å². The minimum atomic E-state index is -3.68. The number of fused-ring (bicyclic) bond motifs is 2. The van der Waals surface area contributed by atoms with Gasteiger partial charge in [-0.25, -0.2) is 0 Å². The van der Waals surface area contributed by atoms with E-state index in [0.29, 0.717) is 12.5 Å². The van der Waals surface area contributed by atoms with Gasteiger partial charge < -0.3 is 5.11 Å². The summed E-state index contributed by atoms with van der Waals surface area (Å²) in [6, 6.07) is -0.997. The predicted molar refractivity (Wildman–Crippen MR) is 66.2 cm³/mol. The fourth-order valence-corrected chi connectivity index (χ4v) is 4.69. The van der Waals surface area contributed by atoms with Crippen LogP contribution in [0.15, 0.2) is 0 Å². The smallest absolute Gasteiger partial charge is 0.322 e. The monoisotopic (exact) mass is 276 g/mol. The molecule has 7 heteroatoms. The Morgan fingerprint density at radius 2 is 2.06 bits per heavy atom. The van der Waals surface area contributed by atoms with Crippen LogP contribution >= 0.6 is 0 Å². The highest BCUT2D eigenvalue weighted by Gasteiger charge is 2.44. The first kappa shape index (κ1) is 13.8. The van der Waals surface area contributed by atoms with E-state index in [4.69, 9.17) is 5.11 Å². The predicted octanol–water partition coefficient (Wildman–Crippen LogP) is 0.414. The van der Waals surface area contributed by atoms with Gasteiger partial charge in [-0.15, -0.1) is 0 Å². The Kier molecular flexibility index (Phi) is 3.66. The molecule has 0 spiro atoms. The van der Waals surface area contributed by atoms with E-state index >= 15 is 0 Å². The summed E-state index contributed by atoms with van der Waals surface area (Å²) < 4.78 is 28.1. The van der Waals surface area contributed by atoms with Crippen molar-refractivity contribution in [1.29, 1.82) is 0 Å². The van der Waals surface area contributed by atoms with Gasteiger partial charge in [-0.1, -0.05) is 13.8 Å². The van der Waals surface area contributed by atoms with Crippen molar-refractivity contribution in [2.75, 3.05) is 6.54 Å². The first-order chi connectivity index (χ1) is 8.31. The van der Waals surface area contributed by atoms with E-state index < -0.39 is 22.2 Å². The molecule has 0 aromatic rings. The molecule has 2 N–H and O–H groups in total. The van der Waals surface area contributed by atoms with Crippen LogP contribution in [0.25, 0.3) is 0 Å². The minimum absolute atomic E-state index is 0.0640. The van der Waals surface area contributed by atoms with Crippen LogP contribution < -0.4 is 4.72 Å². The van der Waals surface area contributed by atoms with Crippen molar-refractivity contribution in [3.8, 4) is 0 Å². The van der Waals surface area contributed by atoms with E-state index in [9.17, 15) is 13.2 Å². The number of aliphatic carboxylic acids is 1. The van der Waals surface area contributed by atoms with Gasteiger partial charge >= 0.3 is 5.97 Å². The summed E-state index contributed by atoms with van der Waals surface area (Å²) >= 11 is 0. The maximum atomic E-state index is 12.2. The molecule has 1 aliphatic carbocycles. The van der Waals surface area contributed by atoms with Gasteiger partial charge in [0.05, 0.1) is 0 Å².